The number of hydrogen-bond acceptors (Lipinski definition) is 4. The van der Waals surface area contributed by atoms with Gasteiger partial charge in [0.2, 0.25) is 0 Å². The first-order chi connectivity index (χ1) is 8.70. The first kappa shape index (κ1) is 13.3. The van der Waals surface area contributed by atoms with Gasteiger partial charge in [-0.1, -0.05) is 6.07 Å². The molecule has 100 valence electrons. The van der Waals surface area contributed by atoms with Crippen LogP contribution in [0.2, 0.25) is 0 Å². The summed E-state index contributed by atoms with van der Waals surface area (Å²) in [6.07, 6.45) is 0. The predicted octanol–water partition coefficient (Wildman–Crippen LogP) is 0.518. The molecule has 0 radical (unpaired) electrons. The second-order valence-corrected chi connectivity index (χ2v) is 4.65. The van der Waals surface area contributed by atoms with Gasteiger partial charge in [-0.2, -0.15) is 0 Å². The van der Waals surface area contributed by atoms with Crippen LogP contribution >= 0.6 is 0 Å². The minimum Gasteiger partial charge on any atom is -0.398 e. The number of β-amino-alcohol motifs (C(OH)–C–C–N with tert-alkyl or cyclic N) is 1. The number of rotatable bonds is 4. The largest absolute Gasteiger partial charge is 0.398 e. The molecule has 18 heavy (non-hydrogen) atoms. The van der Waals surface area contributed by atoms with Crippen LogP contribution in [0.4, 0.5) is 10.1 Å². The molecule has 0 atom stereocenters. The average Bonchev–Trinajstić information content (AvgIpc) is 2.36. The van der Waals surface area contributed by atoms with E-state index < -0.39 is 0 Å². The third-order valence-electron chi connectivity index (χ3n) is 3.42. The lowest BCUT2D eigenvalue weighted by Crippen LogP contribution is -2.46. The van der Waals surface area contributed by atoms with Crippen LogP contribution in [-0.2, 0) is 6.54 Å². The number of nitrogen functional groups attached to an aromatic ring is 1. The van der Waals surface area contributed by atoms with Gasteiger partial charge in [-0.3, -0.25) is 9.80 Å². The zero-order valence-electron chi connectivity index (χ0n) is 10.5. The lowest BCUT2D eigenvalue weighted by atomic mass is 10.1. The second-order valence-electron chi connectivity index (χ2n) is 4.65. The molecular formula is C13H20FN3O. The molecule has 3 N–H and O–H groups in total. The molecule has 1 aliphatic rings. The van der Waals surface area contributed by atoms with Crippen molar-refractivity contribution >= 4 is 5.69 Å². The minimum atomic E-state index is -0.229. The van der Waals surface area contributed by atoms with E-state index in [2.05, 4.69) is 9.80 Å². The molecule has 1 aliphatic heterocycles. The van der Waals surface area contributed by atoms with Crippen molar-refractivity contribution in [3.05, 3.63) is 29.6 Å². The van der Waals surface area contributed by atoms with Gasteiger partial charge in [0.15, 0.2) is 0 Å². The molecule has 1 heterocycles. The Morgan fingerprint density at radius 1 is 1.17 bits per heavy atom. The van der Waals surface area contributed by atoms with Crippen LogP contribution in [0.1, 0.15) is 5.56 Å². The molecule has 4 nitrogen and oxygen atoms in total. The standard InChI is InChI=1S/C13H20FN3O/c14-12-2-1-3-13(15)11(12)10-17-6-4-16(5-7-17)8-9-18/h1-3,18H,4-10,15H2. The molecule has 2 rings (SSSR count). The number of hydrogen-bond donors (Lipinski definition) is 2. The molecule has 0 bridgehead atoms. The number of anilines is 1. The van der Waals surface area contributed by atoms with Crippen LogP contribution in [0, 0.1) is 5.82 Å². The van der Waals surface area contributed by atoms with Gasteiger partial charge in [-0.25, -0.2) is 4.39 Å². The van der Waals surface area contributed by atoms with Crippen molar-refractivity contribution in [3.63, 3.8) is 0 Å². The monoisotopic (exact) mass is 253 g/mol. The number of benzene rings is 1. The van der Waals surface area contributed by atoms with Gasteiger partial charge in [-0.05, 0) is 12.1 Å². The summed E-state index contributed by atoms with van der Waals surface area (Å²) in [6.45, 7) is 5.06. The smallest absolute Gasteiger partial charge is 0.129 e. The van der Waals surface area contributed by atoms with Crippen molar-refractivity contribution in [2.24, 2.45) is 0 Å². The second kappa shape index (κ2) is 6.13. The van der Waals surface area contributed by atoms with Gasteiger partial charge < -0.3 is 10.8 Å². The Kier molecular flexibility index (Phi) is 4.52. The third-order valence-corrected chi connectivity index (χ3v) is 3.42. The Morgan fingerprint density at radius 2 is 1.83 bits per heavy atom. The maximum atomic E-state index is 13.7. The Hall–Kier alpha value is -1.17. The molecule has 5 heteroatoms. The number of halogens is 1. The van der Waals surface area contributed by atoms with E-state index in [0.717, 1.165) is 32.7 Å². The van der Waals surface area contributed by atoms with Crippen molar-refractivity contribution < 1.29 is 9.50 Å². The van der Waals surface area contributed by atoms with Gasteiger partial charge in [0.05, 0.1) is 6.61 Å². The maximum Gasteiger partial charge on any atom is 0.129 e. The highest BCUT2D eigenvalue weighted by molar-refractivity contribution is 5.47. The first-order valence-corrected chi connectivity index (χ1v) is 6.29. The fourth-order valence-corrected chi connectivity index (χ4v) is 2.28. The summed E-state index contributed by atoms with van der Waals surface area (Å²) in [5.74, 6) is -0.229. The lowest BCUT2D eigenvalue weighted by Gasteiger charge is -2.34. The summed E-state index contributed by atoms with van der Waals surface area (Å²) >= 11 is 0. The van der Waals surface area contributed by atoms with Crippen molar-refractivity contribution in [2.75, 3.05) is 45.1 Å². The zero-order valence-corrected chi connectivity index (χ0v) is 10.5. The van der Waals surface area contributed by atoms with Gasteiger partial charge in [0.1, 0.15) is 5.82 Å². The fraction of sp³-hybridized carbons (Fsp3) is 0.538. The summed E-state index contributed by atoms with van der Waals surface area (Å²) in [7, 11) is 0. The highest BCUT2D eigenvalue weighted by Crippen LogP contribution is 2.18. The van der Waals surface area contributed by atoms with Crippen LogP contribution in [0.3, 0.4) is 0 Å². The molecule has 1 saturated heterocycles. The van der Waals surface area contributed by atoms with Crippen molar-refractivity contribution in [1.82, 2.24) is 9.80 Å². The SMILES string of the molecule is Nc1cccc(F)c1CN1CCN(CCO)CC1. The molecule has 1 aromatic rings. The number of aliphatic hydroxyl groups is 1. The summed E-state index contributed by atoms with van der Waals surface area (Å²) in [5, 5.41) is 8.87. The maximum absolute atomic E-state index is 13.7. The Balaban J connectivity index is 1.92. The van der Waals surface area contributed by atoms with E-state index in [-0.39, 0.29) is 12.4 Å². The number of nitrogens with zero attached hydrogens (tertiary/aromatic N) is 2. The van der Waals surface area contributed by atoms with E-state index in [1.54, 1.807) is 12.1 Å². The molecule has 0 spiro atoms. The molecular weight excluding hydrogens is 233 g/mol. The topological polar surface area (TPSA) is 52.7 Å². The van der Waals surface area contributed by atoms with Gasteiger partial charge >= 0.3 is 0 Å². The minimum absolute atomic E-state index is 0.195. The Bertz CT molecular complexity index is 372. The molecule has 0 amide bonds. The molecule has 0 saturated carbocycles. The van der Waals surface area contributed by atoms with Gasteiger partial charge in [0, 0.05) is 50.5 Å². The summed E-state index contributed by atoms with van der Waals surface area (Å²) in [5.41, 5.74) is 6.92. The summed E-state index contributed by atoms with van der Waals surface area (Å²) < 4.78 is 13.7. The van der Waals surface area contributed by atoms with Crippen LogP contribution in [0.15, 0.2) is 18.2 Å². The first-order valence-electron chi connectivity index (χ1n) is 6.29. The van der Waals surface area contributed by atoms with E-state index in [9.17, 15) is 4.39 Å². The molecule has 1 fully saturated rings. The van der Waals surface area contributed by atoms with Gasteiger partial charge in [-0.15, -0.1) is 0 Å². The predicted molar refractivity (Wildman–Crippen MR) is 69.6 cm³/mol. The van der Waals surface area contributed by atoms with Crippen LogP contribution < -0.4 is 5.73 Å². The van der Waals surface area contributed by atoms with E-state index >= 15 is 0 Å². The van der Waals surface area contributed by atoms with Crippen LogP contribution in [0.25, 0.3) is 0 Å². The average molecular weight is 253 g/mol. The van der Waals surface area contributed by atoms with Crippen molar-refractivity contribution in [2.45, 2.75) is 6.54 Å². The quantitative estimate of drug-likeness (QED) is 0.768. The normalized spacial score (nSPS) is 18.1. The van der Waals surface area contributed by atoms with Crippen LogP contribution in [-0.4, -0.2) is 54.2 Å². The van der Waals surface area contributed by atoms with E-state index in [0.29, 0.717) is 17.8 Å². The molecule has 0 aliphatic carbocycles. The Labute approximate surface area is 107 Å². The fourth-order valence-electron chi connectivity index (χ4n) is 2.28. The van der Waals surface area contributed by atoms with E-state index in [1.165, 1.54) is 6.07 Å². The van der Waals surface area contributed by atoms with Crippen molar-refractivity contribution in [3.8, 4) is 0 Å². The summed E-state index contributed by atoms with van der Waals surface area (Å²) in [4.78, 5) is 4.41. The highest BCUT2D eigenvalue weighted by Gasteiger charge is 2.18. The van der Waals surface area contributed by atoms with E-state index in [1.807, 2.05) is 0 Å². The molecule has 0 aromatic heterocycles. The van der Waals surface area contributed by atoms with Gasteiger partial charge in [0.25, 0.3) is 0 Å². The number of nitrogens with two attached hydrogens (primary N) is 1. The lowest BCUT2D eigenvalue weighted by molar-refractivity contribution is 0.108. The van der Waals surface area contributed by atoms with Crippen LogP contribution in [0.5, 0.6) is 0 Å². The zero-order chi connectivity index (χ0) is 13.0. The Morgan fingerprint density at radius 3 is 2.44 bits per heavy atom. The summed E-state index contributed by atoms with van der Waals surface area (Å²) in [6, 6.07) is 4.82. The van der Waals surface area contributed by atoms with E-state index in [4.69, 9.17) is 10.8 Å². The molecule has 1 aromatic carbocycles. The molecule has 0 unspecified atom stereocenters. The highest BCUT2D eigenvalue weighted by atomic mass is 19.1. The van der Waals surface area contributed by atoms with Crippen molar-refractivity contribution in [1.29, 1.82) is 0 Å². The third kappa shape index (κ3) is 3.19. The number of aliphatic hydroxyl groups excluding tert-OH is 1. The number of piperazine rings is 1.